The molecule has 2 N–H and O–H groups in total. The summed E-state index contributed by atoms with van der Waals surface area (Å²) in [5.74, 6) is 0.0225. The van der Waals surface area contributed by atoms with E-state index in [1.165, 1.54) is 0 Å². The summed E-state index contributed by atoms with van der Waals surface area (Å²) >= 11 is 0. The van der Waals surface area contributed by atoms with Crippen molar-refractivity contribution < 1.29 is 4.79 Å². The molecule has 0 rings (SSSR count). The van der Waals surface area contributed by atoms with E-state index in [2.05, 4.69) is 20.8 Å². The predicted octanol–water partition coefficient (Wildman–Crippen LogP) is 2.01. The van der Waals surface area contributed by atoms with E-state index in [1.807, 2.05) is 27.8 Å². The SMILES string of the molecule is CCC(C)(C)N(C)C(=O)C(N)C(C)(C)C. The monoisotopic (exact) mass is 214 g/mol. The van der Waals surface area contributed by atoms with Gasteiger partial charge in [0.2, 0.25) is 5.91 Å². The van der Waals surface area contributed by atoms with Crippen molar-refractivity contribution in [2.75, 3.05) is 7.05 Å². The lowest BCUT2D eigenvalue weighted by molar-refractivity contribution is -0.138. The minimum atomic E-state index is -0.437. The van der Waals surface area contributed by atoms with Crippen molar-refractivity contribution in [2.45, 2.75) is 59.5 Å². The lowest BCUT2D eigenvalue weighted by Crippen LogP contribution is -2.55. The van der Waals surface area contributed by atoms with Crippen LogP contribution in [0.1, 0.15) is 48.0 Å². The third kappa shape index (κ3) is 3.49. The van der Waals surface area contributed by atoms with Crippen molar-refractivity contribution >= 4 is 5.91 Å². The fourth-order valence-corrected chi connectivity index (χ4v) is 1.11. The van der Waals surface area contributed by atoms with E-state index in [0.29, 0.717) is 0 Å². The van der Waals surface area contributed by atoms with Crippen LogP contribution in [-0.4, -0.2) is 29.4 Å². The van der Waals surface area contributed by atoms with Gasteiger partial charge in [0.05, 0.1) is 6.04 Å². The molecule has 3 heteroatoms. The van der Waals surface area contributed by atoms with Crippen LogP contribution in [0.4, 0.5) is 0 Å². The van der Waals surface area contributed by atoms with Gasteiger partial charge in [0.25, 0.3) is 0 Å². The molecule has 0 spiro atoms. The van der Waals surface area contributed by atoms with Gasteiger partial charge in [-0.15, -0.1) is 0 Å². The number of carbonyl (C=O) groups is 1. The molecule has 0 aliphatic carbocycles. The highest BCUT2D eigenvalue weighted by Gasteiger charge is 2.34. The van der Waals surface area contributed by atoms with Crippen LogP contribution in [-0.2, 0) is 4.79 Å². The molecule has 0 heterocycles. The maximum absolute atomic E-state index is 12.1. The zero-order valence-electron chi connectivity index (χ0n) is 11.2. The van der Waals surface area contributed by atoms with Crippen molar-refractivity contribution in [1.29, 1.82) is 0 Å². The van der Waals surface area contributed by atoms with Crippen LogP contribution >= 0.6 is 0 Å². The Morgan fingerprint density at radius 3 is 1.93 bits per heavy atom. The quantitative estimate of drug-likeness (QED) is 0.781. The van der Waals surface area contributed by atoms with Gasteiger partial charge in [0.1, 0.15) is 0 Å². The Balaban J connectivity index is 4.74. The van der Waals surface area contributed by atoms with Gasteiger partial charge in [-0.2, -0.15) is 0 Å². The topological polar surface area (TPSA) is 46.3 Å². The van der Waals surface area contributed by atoms with Crippen molar-refractivity contribution in [3.05, 3.63) is 0 Å². The Bertz CT molecular complexity index is 228. The molecule has 0 aromatic heterocycles. The summed E-state index contributed by atoms with van der Waals surface area (Å²) in [5, 5.41) is 0. The number of nitrogens with zero attached hydrogens (tertiary/aromatic N) is 1. The van der Waals surface area contributed by atoms with Gasteiger partial charge >= 0.3 is 0 Å². The summed E-state index contributed by atoms with van der Waals surface area (Å²) in [7, 11) is 1.83. The standard InChI is InChI=1S/C12H26N2O/c1-8-12(5,6)14(7)10(15)9(13)11(2,3)4/h9H,8,13H2,1-7H3. The minimum Gasteiger partial charge on any atom is -0.339 e. The number of nitrogens with two attached hydrogens (primary N) is 1. The Hall–Kier alpha value is -0.570. The Morgan fingerprint density at radius 1 is 1.27 bits per heavy atom. The molecule has 0 saturated carbocycles. The van der Waals surface area contributed by atoms with Crippen LogP contribution in [0.2, 0.25) is 0 Å². The molecule has 0 aliphatic rings. The molecule has 0 saturated heterocycles. The first kappa shape index (κ1) is 14.4. The summed E-state index contributed by atoms with van der Waals surface area (Å²) in [6.45, 7) is 12.2. The first-order chi connectivity index (χ1) is 6.54. The second-order valence-electron chi connectivity index (χ2n) is 5.91. The van der Waals surface area contributed by atoms with Crippen molar-refractivity contribution in [1.82, 2.24) is 4.90 Å². The summed E-state index contributed by atoms with van der Waals surface area (Å²) < 4.78 is 0. The van der Waals surface area contributed by atoms with Crippen LogP contribution in [0, 0.1) is 5.41 Å². The third-order valence-corrected chi connectivity index (χ3v) is 3.30. The number of hydrogen-bond donors (Lipinski definition) is 1. The molecule has 15 heavy (non-hydrogen) atoms. The van der Waals surface area contributed by atoms with E-state index in [4.69, 9.17) is 5.73 Å². The second-order valence-corrected chi connectivity index (χ2v) is 5.91. The Labute approximate surface area is 94.0 Å². The van der Waals surface area contributed by atoms with Crippen molar-refractivity contribution in [3.8, 4) is 0 Å². The molecule has 1 atom stereocenters. The molecule has 0 radical (unpaired) electrons. The number of carbonyl (C=O) groups excluding carboxylic acids is 1. The molecule has 0 bridgehead atoms. The first-order valence-electron chi connectivity index (χ1n) is 5.57. The van der Waals surface area contributed by atoms with Crippen molar-refractivity contribution in [2.24, 2.45) is 11.1 Å². The summed E-state index contributed by atoms with van der Waals surface area (Å²) in [6.07, 6.45) is 0.923. The highest BCUT2D eigenvalue weighted by Crippen LogP contribution is 2.23. The lowest BCUT2D eigenvalue weighted by atomic mass is 9.85. The normalized spacial score (nSPS) is 14.9. The predicted molar refractivity (Wildman–Crippen MR) is 64.6 cm³/mol. The molecular weight excluding hydrogens is 188 g/mol. The van der Waals surface area contributed by atoms with Crippen LogP contribution in [0.25, 0.3) is 0 Å². The summed E-state index contributed by atoms with van der Waals surface area (Å²) in [4.78, 5) is 13.9. The van der Waals surface area contributed by atoms with Gasteiger partial charge in [-0.3, -0.25) is 4.79 Å². The summed E-state index contributed by atoms with van der Waals surface area (Å²) in [6, 6.07) is -0.437. The van der Waals surface area contributed by atoms with Gasteiger partial charge in [-0.25, -0.2) is 0 Å². The molecule has 1 amide bonds. The Morgan fingerprint density at radius 2 is 1.67 bits per heavy atom. The molecular formula is C12H26N2O. The van der Waals surface area contributed by atoms with Crippen LogP contribution in [0.3, 0.4) is 0 Å². The van der Waals surface area contributed by atoms with Gasteiger partial charge in [-0.1, -0.05) is 27.7 Å². The van der Waals surface area contributed by atoms with E-state index < -0.39 is 6.04 Å². The maximum Gasteiger partial charge on any atom is 0.240 e. The van der Waals surface area contributed by atoms with E-state index in [-0.39, 0.29) is 16.9 Å². The molecule has 0 fully saturated rings. The van der Waals surface area contributed by atoms with E-state index in [0.717, 1.165) is 6.42 Å². The third-order valence-electron chi connectivity index (χ3n) is 3.30. The molecule has 1 unspecified atom stereocenters. The smallest absolute Gasteiger partial charge is 0.240 e. The molecule has 3 nitrogen and oxygen atoms in total. The maximum atomic E-state index is 12.1. The lowest BCUT2D eigenvalue weighted by Gasteiger charge is -2.39. The molecule has 90 valence electrons. The second kappa shape index (κ2) is 4.52. The summed E-state index contributed by atoms with van der Waals surface area (Å²) in [5.41, 5.74) is 5.64. The van der Waals surface area contributed by atoms with Crippen LogP contribution in [0.15, 0.2) is 0 Å². The molecule has 0 aromatic carbocycles. The van der Waals surface area contributed by atoms with Crippen LogP contribution < -0.4 is 5.73 Å². The zero-order chi connectivity index (χ0) is 12.4. The van der Waals surface area contributed by atoms with Gasteiger partial charge < -0.3 is 10.6 Å². The van der Waals surface area contributed by atoms with Gasteiger partial charge in [-0.05, 0) is 25.7 Å². The zero-order valence-corrected chi connectivity index (χ0v) is 11.2. The van der Waals surface area contributed by atoms with Gasteiger partial charge in [0, 0.05) is 12.6 Å². The molecule has 0 aromatic rings. The number of amides is 1. The van der Waals surface area contributed by atoms with Crippen molar-refractivity contribution in [3.63, 3.8) is 0 Å². The average molecular weight is 214 g/mol. The molecule has 0 aliphatic heterocycles. The largest absolute Gasteiger partial charge is 0.339 e. The van der Waals surface area contributed by atoms with E-state index in [1.54, 1.807) is 4.90 Å². The van der Waals surface area contributed by atoms with Gasteiger partial charge in [0.15, 0.2) is 0 Å². The highest BCUT2D eigenvalue weighted by molar-refractivity contribution is 5.82. The average Bonchev–Trinajstić information content (AvgIpc) is 2.12. The Kier molecular flexibility index (Phi) is 4.35. The first-order valence-corrected chi connectivity index (χ1v) is 5.57. The van der Waals surface area contributed by atoms with E-state index >= 15 is 0 Å². The fraction of sp³-hybridized carbons (Fsp3) is 0.917. The van der Waals surface area contributed by atoms with E-state index in [9.17, 15) is 4.79 Å². The highest BCUT2D eigenvalue weighted by atomic mass is 16.2. The van der Waals surface area contributed by atoms with Crippen LogP contribution in [0.5, 0.6) is 0 Å². The fourth-order valence-electron chi connectivity index (χ4n) is 1.11. The number of rotatable bonds is 3. The number of hydrogen-bond acceptors (Lipinski definition) is 2. The minimum absolute atomic E-state index is 0.0225. The number of likely N-dealkylation sites (N-methyl/N-ethyl adjacent to an activating group) is 1.